The molecule has 0 spiro atoms. The quantitative estimate of drug-likeness (QED) is 0.693. The van der Waals surface area contributed by atoms with E-state index in [0.717, 1.165) is 0 Å². The van der Waals surface area contributed by atoms with E-state index in [-0.39, 0.29) is 0 Å². The van der Waals surface area contributed by atoms with Crippen LogP contribution in [0.25, 0.3) is 0 Å². The number of benzene rings is 1. The minimum atomic E-state index is -2.58. The van der Waals surface area contributed by atoms with Crippen LogP contribution in [-0.2, 0) is 24.0 Å². The molecule has 0 fully saturated rings. The molecule has 3 heteroatoms. The molecular formula is C9H14O2Ti. The molecule has 0 unspecified atom stereocenters. The van der Waals surface area contributed by atoms with E-state index in [1.54, 1.807) is 14.2 Å². The normalized spacial score (nSPS) is 11.6. The van der Waals surface area contributed by atoms with Gasteiger partial charge in [0.15, 0.2) is 0 Å². The van der Waals surface area contributed by atoms with Crippen LogP contribution in [0, 0.1) is 0 Å². The monoisotopic (exact) mass is 202 g/mol. The Hall–Kier alpha value is -0.146. The molecule has 0 atom stereocenters. The van der Waals surface area contributed by atoms with Crippen LogP contribution < -0.4 is 3.87 Å². The van der Waals surface area contributed by atoms with Gasteiger partial charge in [-0.25, -0.2) is 0 Å². The fourth-order valence-corrected chi connectivity index (χ4v) is 3.30. The average molecular weight is 202 g/mol. The van der Waals surface area contributed by atoms with Crippen molar-refractivity contribution in [1.29, 1.82) is 0 Å². The first-order chi connectivity index (χ1) is 5.73. The minimum absolute atomic E-state index is 1.21. The first-order valence-corrected chi connectivity index (χ1v) is 7.50. The maximum atomic E-state index is 5.44. The Morgan fingerprint density at radius 3 is 1.92 bits per heavy atom. The first kappa shape index (κ1) is 9.94. The van der Waals surface area contributed by atoms with Crippen molar-refractivity contribution in [1.82, 2.24) is 0 Å². The molecule has 0 aliphatic carbocycles. The Labute approximate surface area is 77.8 Å². The molecule has 12 heavy (non-hydrogen) atoms. The molecule has 0 aliphatic heterocycles. The molecule has 0 amide bonds. The van der Waals surface area contributed by atoms with Gasteiger partial charge < -0.3 is 0 Å². The van der Waals surface area contributed by atoms with E-state index < -0.39 is 17.4 Å². The standard InChI is InChI=1S/C6H5.2CH3O.CH3.Ti/c1-2-4-6-5-3-1;2*1-2;;/h1-5H;2*1H3;1H3;/q;2*-1;;+2. The van der Waals surface area contributed by atoms with Gasteiger partial charge in [0, 0.05) is 0 Å². The molecule has 1 aromatic carbocycles. The summed E-state index contributed by atoms with van der Waals surface area (Å²) in [5, 5.41) is 2.08. The third-order valence-corrected chi connectivity index (χ3v) is 6.67. The molecule has 0 saturated heterocycles. The van der Waals surface area contributed by atoms with Gasteiger partial charge in [-0.2, -0.15) is 0 Å². The molecule has 0 radical (unpaired) electrons. The van der Waals surface area contributed by atoms with Gasteiger partial charge >= 0.3 is 77.6 Å². The zero-order valence-corrected chi connectivity index (χ0v) is 9.26. The zero-order valence-electron chi connectivity index (χ0n) is 7.70. The van der Waals surface area contributed by atoms with Crippen molar-refractivity contribution in [3.05, 3.63) is 30.3 Å². The van der Waals surface area contributed by atoms with Gasteiger partial charge in [0.2, 0.25) is 0 Å². The molecule has 0 heterocycles. The van der Waals surface area contributed by atoms with Gasteiger partial charge in [-0.05, 0) is 0 Å². The van der Waals surface area contributed by atoms with Gasteiger partial charge in [-0.15, -0.1) is 0 Å². The summed E-state index contributed by atoms with van der Waals surface area (Å²) in [4.78, 5) is 0. The van der Waals surface area contributed by atoms with E-state index in [2.05, 4.69) is 17.4 Å². The van der Waals surface area contributed by atoms with Crippen molar-refractivity contribution < 1.29 is 24.0 Å². The van der Waals surface area contributed by atoms with Crippen molar-refractivity contribution in [2.24, 2.45) is 0 Å². The maximum absolute atomic E-state index is 5.44. The fraction of sp³-hybridized carbons (Fsp3) is 0.333. The van der Waals surface area contributed by atoms with Crippen molar-refractivity contribution in [3.8, 4) is 0 Å². The van der Waals surface area contributed by atoms with Gasteiger partial charge in [0.25, 0.3) is 0 Å². The predicted molar refractivity (Wildman–Crippen MR) is 46.0 cm³/mol. The van der Waals surface area contributed by atoms with Crippen LogP contribution in [0.15, 0.2) is 30.3 Å². The van der Waals surface area contributed by atoms with Crippen LogP contribution >= 0.6 is 0 Å². The number of hydrogen-bond donors (Lipinski definition) is 0. The molecule has 0 bridgehead atoms. The van der Waals surface area contributed by atoms with Crippen LogP contribution in [-0.4, -0.2) is 14.2 Å². The average Bonchev–Trinajstić information content (AvgIpc) is 2.18. The third-order valence-electron chi connectivity index (χ3n) is 2.08. The zero-order chi connectivity index (χ0) is 9.03. The Morgan fingerprint density at radius 1 is 1.00 bits per heavy atom. The summed E-state index contributed by atoms with van der Waals surface area (Å²) in [5.74, 6) is 0. The van der Waals surface area contributed by atoms with Crippen molar-refractivity contribution in [2.75, 3.05) is 14.2 Å². The Morgan fingerprint density at radius 2 is 1.50 bits per heavy atom. The second kappa shape index (κ2) is 4.19. The van der Waals surface area contributed by atoms with E-state index in [9.17, 15) is 0 Å². The van der Waals surface area contributed by atoms with Crippen LogP contribution in [0.1, 0.15) is 0 Å². The number of hydrogen-bond acceptors (Lipinski definition) is 2. The van der Waals surface area contributed by atoms with Gasteiger partial charge in [0.1, 0.15) is 0 Å². The van der Waals surface area contributed by atoms with Crippen molar-refractivity contribution >= 4 is 3.87 Å². The van der Waals surface area contributed by atoms with Gasteiger partial charge in [-0.3, -0.25) is 0 Å². The predicted octanol–water partition coefficient (Wildman–Crippen LogP) is 1.64. The summed E-state index contributed by atoms with van der Waals surface area (Å²) in [7, 11) is 3.44. The van der Waals surface area contributed by atoms with E-state index in [1.165, 1.54) is 3.87 Å². The summed E-state index contributed by atoms with van der Waals surface area (Å²) in [6, 6.07) is 10.1. The summed E-state index contributed by atoms with van der Waals surface area (Å²) >= 11 is -2.58. The van der Waals surface area contributed by atoms with E-state index in [0.29, 0.717) is 0 Å². The van der Waals surface area contributed by atoms with Gasteiger partial charge in [-0.1, -0.05) is 0 Å². The summed E-state index contributed by atoms with van der Waals surface area (Å²) in [6.45, 7) is 0. The first-order valence-electron chi connectivity index (χ1n) is 3.89. The van der Waals surface area contributed by atoms with Crippen molar-refractivity contribution in [3.63, 3.8) is 0 Å². The van der Waals surface area contributed by atoms with Crippen LogP contribution in [0.3, 0.4) is 0 Å². The SMILES string of the molecule is C[O][Ti]([CH3])([O]C)[c]1ccccc1. The summed E-state index contributed by atoms with van der Waals surface area (Å²) in [6.07, 6.45) is 0. The Balaban J connectivity index is 2.95. The molecule has 0 saturated carbocycles. The molecular weight excluding hydrogens is 188 g/mol. The molecule has 1 aromatic rings. The van der Waals surface area contributed by atoms with E-state index >= 15 is 0 Å². The van der Waals surface area contributed by atoms with Crippen LogP contribution in [0.4, 0.5) is 0 Å². The Bertz CT molecular complexity index is 232. The second-order valence-corrected chi connectivity index (χ2v) is 7.85. The molecule has 0 N–H and O–H groups in total. The summed E-state index contributed by atoms with van der Waals surface area (Å²) < 4.78 is 12.1. The van der Waals surface area contributed by atoms with Crippen LogP contribution in [0.5, 0.6) is 0 Å². The van der Waals surface area contributed by atoms with Crippen LogP contribution in [0.2, 0.25) is 5.23 Å². The molecule has 0 aromatic heterocycles. The molecule has 1 rings (SSSR count). The molecule has 0 aliphatic rings. The van der Waals surface area contributed by atoms with Crippen molar-refractivity contribution in [2.45, 2.75) is 5.23 Å². The van der Waals surface area contributed by atoms with Gasteiger partial charge in [0.05, 0.1) is 0 Å². The molecule has 66 valence electrons. The number of rotatable bonds is 3. The topological polar surface area (TPSA) is 18.5 Å². The fourth-order valence-electron chi connectivity index (χ4n) is 1.06. The van der Waals surface area contributed by atoms with E-state index in [1.807, 2.05) is 18.2 Å². The van der Waals surface area contributed by atoms with E-state index in [4.69, 9.17) is 6.64 Å². The second-order valence-electron chi connectivity index (χ2n) is 2.72. The third kappa shape index (κ3) is 1.96. The summed E-state index contributed by atoms with van der Waals surface area (Å²) in [5.41, 5.74) is 0. The molecule has 2 nitrogen and oxygen atoms in total. The Kier molecular flexibility index (Phi) is 3.47.